The fraction of sp³-hybridized carbons (Fsp3) is 0.400. The van der Waals surface area contributed by atoms with Gasteiger partial charge in [0, 0.05) is 24.8 Å². The molecule has 3 nitrogen and oxygen atoms in total. The van der Waals surface area contributed by atoms with Crippen molar-refractivity contribution in [2.45, 2.75) is 12.3 Å². The first kappa shape index (κ1) is 12.4. The molecule has 0 amide bonds. The zero-order valence-electron chi connectivity index (χ0n) is 8.54. The normalized spacial score (nSPS) is 13.2. The highest BCUT2D eigenvalue weighted by Gasteiger charge is 2.21. The third-order valence-corrected chi connectivity index (χ3v) is 2.31. The van der Waals surface area contributed by atoms with Gasteiger partial charge in [-0.3, -0.25) is 0 Å². The summed E-state index contributed by atoms with van der Waals surface area (Å²) in [5, 5.41) is 0.329. The van der Waals surface area contributed by atoms with Gasteiger partial charge in [-0.15, -0.1) is 0 Å². The Balaban J connectivity index is 2.94. The molecular formula is C10H13ClFNO2. The molecule has 0 aliphatic carbocycles. The van der Waals surface area contributed by atoms with E-state index in [1.165, 1.54) is 26.4 Å². The molecule has 84 valence electrons. The lowest BCUT2D eigenvalue weighted by Crippen LogP contribution is -2.30. The minimum Gasteiger partial charge on any atom is -0.354 e. The lowest BCUT2D eigenvalue weighted by atomic mass is 10.1. The van der Waals surface area contributed by atoms with E-state index < -0.39 is 18.1 Å². The summed E-state index contributed by atoms with van der Waals surface area (Å²) in [6.45, 7) is 0. The van der Waals surface area contributed by atoms with Gasteiger partial charge in [-0.05, 0) is 12.1 Å². The molecule has 1 atom stereocenters. The fourth-order valence-corrected chi connectivity index (χ4v) is 1.47. The van der Waals surface area contributed by atoms with Crippen LogP contribution in [0.3, 0.4) is 0 Å². The molecule has 0 aliphatic heterocycles. The van der Waals surface area contributed by atoms with Gasteiger partial charge in [0.15, 0.2) is 6.29 Å². The van der Waals surface area contributed by atoms with Crippen LogP contribution in [0.15, 0.2) is 18.2 Å². The molecule has 0 bridgehead atoms. The maximum atomic E-state index is 13.5. The molecule has 1 rings (SSSR count). The molecule has 0 saturated carbocycles. The summed E-state index contributed by atoms with van der Waals surface area (Å²) in [6, 6.07) is 3.62. The van der Waals surface area contributed by atoms with Gasteiger partial charge in [0.2, 0.25) is 0 Å². The molecule has 1 aromatic rings. The first-order valence-corrected chi connectivity index (χ1v) is 4.74. The van der Waals surface area contributed by atoms with Crippen molar-refractivity contribution in [3.63, 3.8) is 0 Å². The third-order valence-electron chi connectivity index (χ3n) is 2.08. The zero-order valence-corrected chi connectivity index (χ0v) is 9.29. The van der Waals surface area contributed by atoms with Crippen molar-refractivity contribution in [1.29, 1.82) is 0 Å². The first-order valence-electron chi connectivity index (χ1n) is 4.36. The van der Waals surface area contributed by atoms with E-state index in [-0.39, 0.29) is 0 Å². The third kappa shape index (κ3) is 2.89. The largest absolute Gasteiger partial charge is 0.354 e. The number of methoxy groups -OCH3 is 2. The first-order chi connectivity index (χ1) is 7.10. The van der Waals surface area contributed by atoms with E-state index >= 15 is 0 Å². The minimum atomic E-state index is -0.683. The summed E-state index contributed by atoms with van der Waals surface area (Å²) >= 11 is 5.63. The number of ether oxygens (including phenoxy) is 2. The van der Waals surface area contributed by atoms with Crippen LogP contribution in [-0.4, -0.2) is 20.5 Å². The Bertz CT molecular complexity index is 331. The average Bonchev–Trinajstić information content (AvgIpc) is 2.19. The smallest absolute Gasteiger partial charge is 0.176 e. The van der Waals surface area contributed by atoms with Crippen molar-refractivity contribution < 1.29 is 13.9 Å². The lowest BCUT2D eigenvalue weighted by Gasteiger charge is -2.21. The number of hydrogen-bond donors (Lipinski definition) is 1. The Morgan fingerprint density at radius 1 is 1.33 bits per heavy atom. The Morgan fingerprint density at radius 2 is 1.93 bits per heavy atom. The van der Waals surface area contributed by atoms with Crippen molar-refractivity contribution in [3.05, 3.63) is 34.6 Å². The van der Waals surface area contributed by atoms with Crippen molar-refractivity contribution in [2.24, 2.45) is 5.73 Å². The van der Waals surface area contributed by atoms with Crippen LogP contribution in [0.1, 0.15) is 11.6 Å². The summed E-state index contributed by atoms with van der Waals surface area (Å²) in [5.74, 6) is -0.464. The SMILES string of the molecule is COC(OC)C(N)c1ccc(Cl)cc1F. The Labute approximate surface area is 92.9 Å². The molecule has 0 heterocycles. The second-order valence-corrected chi connectivity index (χ2v) is 3.47. The molecule has 1 aromatic carbocycles. The van der Waals surface area contributed by atoms with E-state index in [9.17, 15) is 4.39 Å². The molecular weight excluding hydrogens is 221 g/mol. The summed E-state index contributed by atoms with van der Waals surface area (Å²) in [6.07, 6.45) is -0.680. The average molecular weight is 234 g/mol. The van der Waals surface area contributed by atoms with Crippen molar-refractivity contribution in [1.82, 2.24) is 0 Å². The summed E-state index contributed by atoms with van der Waals surface area (Å²) in [4.78, 5) is 0. The van der Waals surface area contributed by atoms with Crippen molar-refractivity contribution in [3.8, 4) is 0 Å². The van der Waals surface area contributed by atoms with Crippen LogP contribution < -0.4 is 5.73 Å². The summed E-state index contributed by atoms with van der Waals surface area (Å²) in [5.41, 5.74) is 6.09. The van der Waals surface area contributed by atoms with Crippen molar-refractivity contribution >= 4 is 11.6 Å². The van der Waals surface area contributed by atoms with Crippen LogP contribution in [0, 0.1) is 5.82 Å². The molecule has 1 unspecified atom stereocenters. The predicted octanol–water partition coefficient (Wildman–Crippen LogP) is 2.10. The molecule has 0 aromatic heterocycles. The molecule has 0 saturated heterocycles. The predicted molar refractivity (Wildman–Crippen MR) is 56.1 cm³/mol. The molecule has 5 heteroatoms. The molecule has 0 spiro atoms. The van der Waals surface area contributed by atoms with Gasteiger partial charge in [-0.1, -0.05) is 17.7 Å². The van der Waals surface area contributed by atoms with E-state index in [1.807, 2.05) is 0 Å². The molecule has 2 N–H and O–H groups in total. The van der Waals surface area contributed by atoms with Gasteiger partial charge in [-0.2, -0.15) is 0 Å². The van der Waals surface area contributed by atoms with E-state index in [0.29, 0.717) is 10.6 Å². The van der Waals surface area contributed by atoms with Gasteiger partial charge in [0.05, 0.1) is 6.04 Å². The Hall–Kier alpha value is -0.680. The van der Waals surface area contributed by atoms with Crippen molar-refractivity contribution in [2.75, 3.05) is 14.2 Å². The minimum absolute atomic E-state index is 0.313. The number of rotatable bonds is 4. The maximum absolute atomic E-state index is 13.5. The van der Waals surface area contributed by atoms with E-state index in [2.05, 4.69) is 0 Å². The van der Waals surface area contributed by atoms with Gasteiger partial charge in [0.25, 0.3) is 0 Å². The number of nitrogens with two attached hydrogens (primary N) is 1. The standard InChI is InChI=1S/C10H13ClFNO2/c1-14-10(15-2)9(13)7-4-3-6(11)5-8(7)12/h3-5,9-10H,13H2,1-2H3. The van der Waals surface area contributed by atoms with E-state index in [4.69, 9.17) is 26.8 Å². The van der Waals surface area contributed by atoms with Crippen LogP contribution in [0.4, 0.5) is 4.39 Å². The maximum Gasteiger partial charge on any atom is 0.176 e. The Morgan fingerprint density at radius 3 is 2.40 bits per heavy atom. The highest BCUT2D eigenvalue weighted by molar-refractivity contribution is 6.30. The highest BCUT2D eigenvalue weighted by Crippen LogP contribution is 2.22. The molecule has 15 heavy (non-hydrogen) atoms. The van der Waals surface area contributed by atoms with Gasteiger partial charge < -0.3 is 15.2 Å². The quantitative estimate of drug-likeness (QED) is 0.810. The summed E-state index contributed by atoms with van der Waals surface area (Å²) < 4.78 is 23.4. The second-order valence-electron chi connectivity index (χ2n) is 3.03. The van der Waals surface area contributed by atoms with Gasteiger partial charge >= 0.3 is 0 Å². The number of benzene rings is 1. The van der Waals surface area contributed by atoms with Gasteiger partial charge in [0.1, 0.15) is 5.82 Å². The van der Waals surface area contributed by atoms with Crippen LogP contribution in [-0.2, 0) is 9.47 Å². The van der Waals surface area contributed by atoms with Crippen LogP contribution in [0.25, 0.3) is 0 Å². The van der Waals surface area contributed by atoms with Gasteiger partial charge in [-0.25, -0.2) is 4.39 Å². The molecule has 0 aliphatic rings. The number of halogens is 2. The monoisotopic (exact) mass is 233 g/mol. The number of hydrogen-bond acceptors (Lipinski definition) is 3. The lowest BCUT2D eigenvalue weighted by molar-refractivity contribution is -0.117. The Kier molecular flexibility index (Phi) is 4.47. The molecule has 0 radical (unpaired) electrons. The van der Waals surface area contributed by atoms with Crippen LogP contribution >= 0.6 is 11.6 Å². The fourth-order valence-electron chi connectivity index (χ4n) is 1.31. The van der Waals surface area contributed by atoms with E-state index in [1.54, 1.807) is 6.07 Å². The zero-order chi connectivity index (χ0) is 11.4. The molecule has 0 fully saturated rings. The second kappa shape index (κ2) is 5.42. The summed E-state index contributed by atoms with van der Waals surface area (Å²) in [7, 11) is 2.89. The van der Waals surface area contributed by atoms with E-state index in [0.717, 1.165) is 0 Å². The topological polar surface area (TPSA) is 44.5 Å². The van der Waals surface area contributed by atoms with Crippen LogP contribution in [0.5, 0.6) is 0 Å². The van der Waals surface area contributed by atoms with Crippen LogP contribution in [0.2, 0.25) is 5.02 Å². The highest BCUT2D eigenvalue weighted by atomic mass is 35.5.